The summed E-state index contributed by atoms with van der Waals surface area (Å²) in [6, 6.07) is 0. The van der Waals surface area contributed by atoms with Gasteiger partial charge in [-0.2, -0.15) is 0 Å². The Hall–Kier alpha value is -1.32. The lowest BCUT2D eigenvalue weighted by Gasteiger charge is -2.15. The van der Waals surface area contributed by atoms with Gasteiger partial charge in [-0.1, -0.05) is 12.1 Å². The number of nitrogens with zero attached hydrogens (tertiary/aromatic N) is 1. The third-order valence-corrected chi connectivity index (χ3v) is 2.49. The topological polar surface area (TPSA) is 63.3 Å². The van der Waals surface area contributed by atoms with E-state index < -0.39 is 5.97 Å². The largest absolute Gasteiger partial charge is 0.476 e. The standard InChI is InChI=1S/C9H11NO3/c1-5-2-3-7-6(4-5)8(9(11)12)10-13-7/h5H,2-4H2,1H3,(H,11,12). The Morgan fingerprint density at radius 2 is 2.46 bits per heavy atom. The summed E-state index contributed by atoms with van der Waals surface area (Å²) in [5, 5.41) is 12.4. The van der Waals surface area contributed by atoms with Gasteiger partial charge in [-0.15, -0.1) is 0 Å². The van der Waals surface area contributed by atoms with Crippen molar-refractivity contribution in [2.75, 3.05) is 0 Å². The number of carboxylic acid groups (broad SMARTS) is 1. The van der Waals surface area contributed by atoms with Gasteiger partial charge in [-0.05, 0) is 18.8 Å². The Bertz CT molecular complexity index is 343. The summed E-state index contributed by atoms with van der Waals surface area (Å²) in [6.07, 6.45) is 2.65. The van der Waals surface area contributed by atoms with Gasteiger partial charge < -0.3 is 9.63 Å². The number of aromatic carboxylic acids is 1. The fourth-order valence-electron chi connectivity index (χ4n) is 1.75. The Morgan fingerprint density at radius 3 is 3.15 bits per heavy atom. The highest BCUT2D eigenvalue weighted by Gasteiger charge is 2.26. The minimum Gasteiger partial charge on any atom is -0.476 e. The van der Waals surface area contributed by atoms with Crippen molar-refractivity contribution in [1.29, 1.82) is 0 Å². The van der Waals surface area contributed by atoms with Gasteiger partial charge in [0.15, 0.2) is 5.69 Å². The summed E-state index contributed by atoms with van der Waals surface area (Å²) < 4.78 is 4.97. The van der Waals surface area contributed by atoms with Crippen LogP contribution in [0.25, 0.3) is 0 Å². The van der Waals surface area contributed by atoms with E-state index >= 15 is 0 Å². The van der Waals surface area contributed by atoms with Crippen LogP contribution in [0.15, 0.2) is 4.52 Å². The summed E-state index contributed by atoms with van der Waals surface area (Å²) in [7, 11) is 0. The molecule has 70 valence electrons. The summed E-state index contributed by atoms with van der Waals surface area (Å²) in [4.78, 5) is 10.7. The maximum absolute atomic E-state index is 10.7. The molecule has 0 spiro atoms. The van der Waals surface area contributed by atoms with Crippen LogP contribution < -0.4 is 0 Å². The molecule has 2 rings (SSSR count). The van der Waals surface area contributed by atoms with E-state index in [0.29, 0.717) is 5.92 Å². The molecule has 1 atom stereocenters. The molecule has 4 nitrogen and oxygen atoms in total. The lowest BCUT2D eigenvalue weighted by atomic mass is 9.88. The molecule has 0 saturated carbocycles. The first-order valence-corrected chi connectivity index (χ1v) is 4.39. The fraction of sp³-hybridized carbons (Fsp3) is 0.556. The number of fused-ring (bicyclic) bond motifs is 1. The van der Waals surface area contributed by atoms with E-state index in [0.717, 1.165) is 30.6 Å². The number of hydrogen-bond donors (Lipinski definition) is 1. The first-order valence-electron chi connectivity index (χ1n) is 4.39. The van der Waals surface area contributed by atoms with E-state index in [-0.39, 0.29) is 5.69 Å². The highest BCUT2D eigenvalue weighted by Crippen LogP contribution is 2.27. The molecule has 1 heterocycles. The molecule has 13 heavy (non-hydrogen) atoms. The van der Waals surface area contributed by atoms with Gasteiger partial charge in [-0.25, -0.2) is 4.79 Å². The van der Waals surface area contributed by atoms with Gasteiger partial charge in [0.1, 0.15) is 5.76 Å². The highest BCUT2D eigenvalue weighted by molar-refractivity contribution is 5.87. The summed E-state index contributed by atoms with van der Waals surface area (Å²) in [5.74, 6) is 0.305. The minimum absolute atomic E-state index is 0.0987. The van der Waals surface area contributed by atoms with Crippen molar-refractivity contribution in [3.8, 4) is 0 Å². The van der Waals surface area contributed by atoms with Crippen LogP contribution in [0, 0.1) is 5.92 Å². The number of rotatable bonds is 1. The first kappa shape index (κ1) is 8.29. The molecule has 0 saturated heterocycles. The molecule has 0 amide bonds. The molecule has 0 radical (unpaired) electrons. The molecule has 0 aliphatic heterocycles. The number of carbonyl (C=O) groups is 1. The van der Waals surface area contributed by atoms with Crippen molar-refractivity contribution in [3.63, 3.8) is 0 Å². The Labute approximate surface area is 75.5 Å². The van der Waals surface area contributed by atoms with Crippen molar-refractivity contribution in [3.05, 3.63) is 17.0 Å². The normalized spacial score (nSPS) is 21.2. The lowest BCUT2D eigenvalue weighted by Crippen LogP contribution is -2.12. The van der Waals surface area contributed by atoms with Crippen LogP contribution in [0.1, 0.15) is 35.2 Å². The molecule has 1 aliphatic carbocycles. The van der Waals surface area contributed by atoms with Crippen molar-refractivity contribution in [2.45, 2.75) is 26.2 Å². The molecular weight excluding hydrogens is 170 g/mol. The molecule has 1 aliphatic rings. The maximum Gasteiger partial charge on any atom is 0.358 e. The number of carboxylic acids is 1. The van der Waals surface area contributed by atoms with Crippen molar-refractivity contribution >= 4 is 5.97 Å². The van der Waals surface area contributed by atoms with Crippen LogP contribution in [-0.4, -0.2) is 16.2 Å². The molecule has 1 unspecified atom stereocenters. The van der Waals surface area contributed by atoms with Crippen LogP contribution in [0.3, 0.4) is 0 Å². The van der Waals surface area contributed by atoms with Crippen molar-refractivity contribution in [2.24, 2.45) is 5.92 Å². The average molecular weight is 181 g/mol. The number of aryl methyl sites for hydroxylation is 1. The zero-order valence-corrected chi connectivity index (χ0v) is 7.41. The number of aromatic nitrogens is 1. The second-order valence-electron chi connectivity index (χ2n) is 3.59. The Kier molecular flexibility index (Phi) is 1.83. The van der Waals surface area contributed by atoms with E-state index in [1.54, 1.807) is 0 Å². The van der Waals surface area contributed by atoms with Crippen molar-refractivity contribution in [1.82, 2.24) is 5.16 Å². The SMILES string of the molecule is CC1CCc2onc(C(=O)O)c2C1. The minimum atomic E-state index is -0.987. The van der Waals surface area contributed by atoms with Gasteiger partial charge in [0.25, 0.3) is 0 Å². The molecule has 1 aromatic rings. The zero-order chi connectivity index (χ0) is 9.42. The Balaban J connectivity index is 2.41. The Morgan fingerprint density at radius 1 is 1.69 bits per heavy atom. The molecule has 0 bridgehead atoms. The molecule has 0 fully saturated rings. The van der Waals surface area contributed by atoms with E-state index in [1.807, 2.05) is 0 Å². The molecule has 1 N–H and O–H groups in total. The highest BCUT2D eigenvalue weighted by atomic mass is 16.5. The average Bonchev–Trinajstić information content (AvgIpc) is 2.46. The van der Waals surface area contributed by atoms with Gasteiger partial charge in [0.2, 0.25) is 0 Å². The van der Waals surface area contributed by atoms with Crippen LogP contribution in [0.4, 0.5) is 0 Å². The van der Waals surface area contributed by atoms with E-state index in [2.05, 4.69) is 12.1 Å². The van der Waals surface area contributed by atoms with E-state index in [1.165, 1.54) is 0 Å². The molecular formula is C9H11NO3. The van der Waals surface area contributed by atoms with Gasteiger partial charge in [0.05, 0.1) is 0 Å². The van der Waals surface area contributed by atoms with Gasteiger partial charge in [-0.3, -0.25) is 0 Å². The van der Waals surface area contributed by atoms with Crippen LogP contribution in [0.2, 0.25) is 0 Å². The first-order chi connectivity index (χ1) is 6.18. The van der Waals surface area contributed by atoms with E-state index in [4.69, 9.17) is 9.63 Å². The predicted octanol–water partition coefficient (Wildman–Crippen LogP) is 1.50. The van der Waals surface area contributed by atoms with Gasteiger partial charge in [0, 0.05) is 12.0 Å². The maximum atomic E-state index is 10.7. The second-order valence-corrected chi connectivity index (χ2v) is 3.59. The second kappa shape index (κ2) is 2.87. The number of hydrogen-bond acceptors (Lipinski definition) is 3. The van der Waals surface area contributed by atoms with Crippen LogP contribution in [-0.2, 0) is 12.8 Å². The molecule has 4 heteroatoms. The van der Waals surface area contributed by atoms with Crippen molar-refractivity contribution < 1.29 is 14.4 Å². The fourth-order valence-corrected chi connectivity index (χ4v) is 1.75. The smallest absolute Gasteiger partial charge is 0.358 e. The zero-order valence-electron chi connectivity index (χ0n) is 7.41. The molecule has 0 aromatic carbocycles. The quantitative estimate of drug-likeness (QED) is 0.713. The van der Waals surface area contributed by atoms with Crippen LogP contribution >= 0.6 is 0 Å². The predicted molar refractivity (Wildman–Crippen MR) is 44.7 cm³/mol. The summed E-state index contributed by atoms with van der Waals surface area (Å²) in [5.41, 5.74) is 0.896. The summed E-state index contributed by atoms with van der Waals surface area (Å²) >= 11 is 0. The van der Waals surface area contributed by atoms with E-state index in [9.17, 15) is 4.79 Å². The molecule has 1 aromatic heterocycles. The third-order valence-electron chi connectivity index (χ3n) is 2.49. The lowest BCUT2D eigenvalue weighted by molar-refractivity contribution is 0.0684. The van der Waals surface area contributed by atoms with Crippen LogP contribution in [0.5, 0.6) is 0 Å². The monoisotopic (exact) mass is 181 g/mol. The summed E-state index contributed by atoms with van der Waals surface area (Å²) in [6.45, 7) is 2.11. The van der Waals surface area contributed by atoms with Gasteiger partial charge >= 0.3 is 5.97 Å². The third kappa shape index (κ3) is 1.32.